The first kappa shape index (κ1) is 22.4. The number of fused-ring (bicyclic) bond motifs is 5. The van der Waals surface area contributed by atoms with Gasteiger partial charge in [-0.05, 0) is 26.0 Å². The Kier molecular flexibility index (Phi) is 6.92. The van der Waals surface area contributed by atoms with Gasteiger partial charge in [-0.25, -0.2) is 4.57 Å². The standard InChI is InChI=1S/C19H22N3O2S.BF4/c1-13-11-21-17(14(2)18(13)24-10-6-9-23-3)12-25-22-16-8-5-4-7-15(16)20-19(21)22;2-1(3,4)5/h4-5,7-8,11H,6,9-10,12H2,1-3H3;/q+1;-1. The van der Waals surface area contributed by atoms with Gasteiger partial charge < -0.3 is 26.7 Å². The molecule has 30 heavy (non-hydrogen) atoms. The van der Waals surface area contributed by atoms with E-state index in [2.05, 4.69) is 46.8 Å². The fraction of sp³-hybridized carbons (Fsp3) is 0.368. The number of benzene rings is 1. The second kappa shape index (κ2) is 9.26. The van der Waals surface area contributed by atoms with E-state index >= 15 is 0 Å². The summed E-state index contributed by atoms with van der Waals surface area (Å²) in [5, 5.41) is 0. The minimum atomic E-state index is -6.00. The lowest BCUT2D eigenvalue weighted by Crippen LogP contribution is -2.42. The monoisotopic (exact) mass is 443 g/mol. The molecule has 1 aliphatic rings. The first-order valence-corrected chi connectivity index (χ1v) is 10.3. The van der Waals surface area contributed by atoms with Gasteiger partial charge in [0.05, 0.1) is 18.6 Å². The number of imidazole rings is 1. The minimum absolute atomic E-state index is 0.671. The van der Waals surface area contributed by atoms with Crippen LogP contribution in [0.3, 0.4) is 0 Å². The molecule has 2 aromatic heterocycles. The second-order valence-electron chi connectivity index (χ2n) is 6.74. The highest BCUT2D eigenvalue weighted by Gasteiger charge is 2.31. The molecule has 0 N–H and O–H groups in total. The SMILES string of the molecule is COCCCOc1c(C)c[n+]2c(c1C)CSn1c-2nc2ccccc21.F[B-](F)(F)F. The van der Waals surface area contributed by atoms with Crippen LogP contribution in [0.15, 0.2) is 30.5 Å². The molecule has 0 aliphatic carbocycles. The van der Waals surface area contributed by atoms with E-state index in [1.54, 1.807) is 19.1 Å². The zero-order valence-electron chi connectivity index (χ0n) is 16.9. The largest absolute Gasteiger partial charge is 0.673 e. The lowest BCUT2D eigenvalue weighted by molar-refractivity contribution is -0.613. The number of para-hydroxylation sites is 2. The summed E-state index contributed by atoms with van der Waals surface area (Å²) < 4.78 is 54.6. The highest BCUT2D eigenvalue weighted by Crippen LogP contribution is 2.33. The van der Waals surface area contributed by atoms with Crippen LogP contribution in [0.1, 0.15) is 23.2 Å². The predicted molar refractivity (Wildman–Crippen MR) is 110 cm³/mol. The molecule has 0 radical (unpaired) electrons. The summed E-state index contributed by atoms with van der Waals surface area (Å²) >= 11 is 1.79. The van der Waals surface area contributed by atoms with E-state index < -0.39 is 7.25 Å². The Morgan fingerprint density at radius 1 is 1.17 bits per heavy atom. The summed E-state index contributed by atoms with van der Waals surface area (Å²) in [6.45, 7) is 5.63. The average molecular weight is 443 g/mol. The van der Waals surface area contributed by atoms with Gasteiger partial charge in [0.15, 0.2) is 11.0 Å². The molecule has 3 heterocycles. The molecule has 11 heteroatoms. The maximum Gasteiger partial charge on any atom is 0.673 e. The molecule has 0 saturated carbocycles. The summed E-state index contributed by atoms with van der Waals surface area (Å²) in [4.78, 5) is 4.84. The van der Waals surface area contributed by atoms with Gasteiger partial charge in [0.25, 0.3) is 0 Å². The fourth-order valence-corrected chi connectivity index (χ4v) is 4.43. The van der Waals surface area contributed by atoms with Gasteiger partial charge >= 0.3 is 13.2 Å². The maximum atomic E-state index is 9.75. The topological polar surface area (TPSA) is 40.2 Å². The van der Waals surface area contributed by atoms with Crippen molar-refractivity contribution in [1.29, 1.82) is 0 Å². The summed E-state index contributed by atoms with van der Waals surface area (Å²) in [6.07, 6.45) is 3.04. The molecule has 0 saturated heterocycles. The molecular formula is C19H22BF4N3O2S. The molecule has 0 unspecified atom stereocenters. The number of pyridine rings is 1. The van der Waals surface area contributed by atoms with Crippen molar-refractivity contribution in [2.45, 2.75) is 26.0 Å². The fourth-order valence-electron chi connectivity index (χ4n) is 3.29. The van der Waals surface area contributed by atoms with Crippen LogP contribution in [0.4, 0.5) is 17.3 Å². The molecule has 0 spiro atoms. The Bertz CT molecular complexity index is 1040. The van der Waals surface area contributed by atoms with Crippen molar-refractivity contribution < 1.29 is 31.3 Å². The average Bonchev–Trinajstić information content (AvgIpc) is 3.05. The number of hydrogen-bond donors (Lipinski definition) is 0. The van der Waals surface area contributed by atoms with Crippen LogP contribution in [0.2, 0.25) is 0 Å². The zero-order valence-corrected chi connectivity index (χ0v) is 17.7. The first-order valence-electron chi connectivity index (χ1n) is 9.35. The Morgan fingerprint density at radius 2 is 1.87 bits per heavy atom. The van der Waals surface area contributed by atoms with Crippen molar-refractivity contribution in [1.82, 2.24) is 8.96 Å². The van der Waals surface area contributed by atoms with Crippen molar-refractivity contribution in [3.8, 4) is 11.7 Å². The summed E-state index contributed by atoms with van der Waals surface area (Å²) in [6, 6.07) is 8.28. The van der Waals surface area contributed by atoms with Crippen LogP contribution in [-0.4, -0.2) is 36.5 Å². The predicted octanol–water partition coefficient (Wildman–Crippen LogP) is 4.66. The van der Waals surface area contributed by atoms with Crippen LogP contribution in [0.5, 0.6) is 5.75 Å². The lowest BCUT2D eigenvalue weighted by atomic mass is 10.1. The molecule has 4 rings (SSSR count). The number of ether oxygens (including phenoxy) is 2. The summed E-state index contributed by atoms with van der Waals surface area (Å²) in [5.74, 6) is 2.85. The quantitative estimate of drug-likeness (QED) is 0.249. The van der Waals surface area contributed by atoms with Gasteiger partial charge in [0.1, 0.15) is 11.4 Å². The van der Waals surface area contributed by atoms with Gasteiger partial charge in [-0.1, -0.05) is 17.1 Å². The first-order chi connectivity index (χ1) is 14.2. The van der Waals surface area contributed by atoms with E-state index in [1.165, 1.54) is 11.3 Å². The third-order valence-electron chi connectivity index (χ3n) is 4.53. The van der Waals surface area contributed by atoms with E-state index in [0.29, 0.717) is 6.61 Å². The molecule has 3 aromatic rings. The minimum Gasteiger partial charge on any atom is -0.493 e. The van der Waals surface area contributed by atoms with Gasteiger partial charge in [-0.15, -0.1) is 0 Å². The van der Waals surface area contributed by atoms with Crippen molar-refractivity contribution in [2.24, 2.45) is 0 Å². The third kappa shape index (κ3) is 5.07. The highest BCUT2D eigenvalue weighted by atomic mass is 32.2. The Hall–Kier alpha value is -2.27. The number of aryl methyl sites for hydroxylation is 1. The van der Waals surface area contributed by atoms with Gasteiger partial charge in [0, 0.05) is 43.2 Å². The van der Waals surface area contributed by atoms with Gasteiger partial charge in [-0.3, -0.25) is 0 Å². The molecule has 0 bridgehead atoms. The maximum absolute atomic E-state index is 9.75. The summed E-state index contributed by atoms with van der Waals surface area (Å²) in [5.41, 5.74) is 5.77. The zero-order chi connectivity index (χ0) is 21.9. The number of rotatable bonds is 5. The summed E-state index contributed by atoms with van der Waals surface area (Å²) in [7, 11) is -4.28. The van der Waals surface area contributed by atoms with E-state index in [0.717, 1.165) is 47.1 Å². The van der Waals surface area contributed by atoms with Gasteiger partial charge in [-0.2, -0.15) is 3.97 Å². The Labute approximate surface area is 176 Å². The smallest absolute Gasteiger partial charge is 0.493 e. The number of hydrogen-bond acceptors (Lipinski definition) is 4. The molecule has 0 amide bonds. The number of methoxy groups -OCH3 is 1. The molecule has 1 aromatic carbocycles. The van der Waals surface area contributed by atoms with E-state index in [9.17, 15) is 17.3 Å². The van der Waals surface area contributed by atoms with Crippen molar-refractivity contribution in [3.05, 3.63) is 47.3 Å². The number of nitrogens with zero attached hydrogens (tertiary/aromatic N) is 3. The van der Waals surface area contributed by atoms with Crippen molar-refractivity contribution >= 4 is 30.2 Å². The van der Waals surface area contributed by atoms with Crippen LogP contribution >= 0.6 is 11.9 Å². The number of halogens is 4. The van der Waals surface area contributed by atoms with Gasteiger partial charge in [0.2, 0.25) is 0 Å². The molecule has 1 aliphatic heterocycles. The Morgan fingerprint density at radius 3 is 2.57 bits per heavy atom. The van der Waals surface area contributed by atoms with Crippen molar-refractivity contribution in [3.63, 3.8) is 0 Å². The molecule has 162 valence electrons. The Balaban J connectivity index is 0.000000461. The molecular weight excluding hydrogens is 421 g/mol. The normalized spacial score (nSPS) is 12.8. The third-order valence-corrected chi connectivity index (χ3v) is 5.55. The van der Waals surface area contributed by atoms with E-state index in [-0.39, 0.29) is 0 Å². The van der Waals surface area contributed by atoms with Crippen LogP contribution < -0.4 is 9.30 Å². The molecule has 0 atom stereocenters. The molecule has 5 nitrogen and oxygen atoms in total. The van der Waals surface area contributed by atoms with E-state index in [1.807, 2.05) is 6.07 Å². The lowest BCUT2D eigenvalue weighted by Gasteiger charge is -2.19. The van der Waals surface area contributed by atoms with Crippen LogP contribution in [0.25, 0.3) is 17.0 Å². The van der Waals surface area contributed by atoms with Crippen LogP contribution in [0, 0.1) is 13.8 Å². The molecule has 0 fully saturated rings. The van der Waals surface area contributed by atoms with E-state index in [4.69, 9.17) is 14.5 Å². The van der Waals surface area contributed by atoms with Crippen LogP contribution in [-0.2, 0) is 10.5 Å². The number of aromatic nitrogens is 3. The highest BCUT2D eigenvalue weighted by molar-refractivity contribution is 7.97. The van der Waals surface area contributed by atoms with Crippen molar-refractivity contribution in [2.75, 3.05) is 20.3 Å². The second-order valence-corrected chi connectivity index (χ2v) is 7.65.